The fraction of sp³-hybridized carbons (Fsp3) is 0. The number of carboxylic acids is 1. The largest absolute Gasteiger partial charge is 0.508 e. The first-order chi connectivity index (χ1) is 10.7. The molecule has 5 nitrogen and oxygen atoms in total. The Kier molecular flexibility index (Phi) is 5.20. The van der Waals surface area contributed by atoms with Crippen molar-refractivity contribution in [1.82, 2.24) is 9.97 Å². The molecule has 0 spiro atoms. The lowest BCUT2D eigenvalue weighted by molar-refractivity contribution is 0.0696. The minimum atomic E-state index is -1.03. The summed E-state index contributed by atoms with van der Waals surface area (Å²) < 4.78 is 0. The van der Waals surface area contributed by atoms with Gasteiger partial charge in [0.25, 0.3) is 0 Å². The highest BCUT2D eigenvalue weighted by Crippen LogP contribution is 2.15. The normalized spacial score (nSPS) is 9.45. The van der Waals surface area contributed by atoms with Crippen LogP contribution < -0.4 is 0 Å². The van der Waals surface area contributed by atoms with E-state index in [1.54, 1.807) is 24.8 Å². The fourth-order valence-electron chi connectivity index (χ4n) is 1.73. The Bertz CT molecular complexity index is 694. The number of benzene rings is 1. The first-order valence-corrected chi connectivity index (χ1v) is 6.49. The van der Waals surface area contributed by atoms with Crippen molar-refractivity contribution < 1.29 is 15.0 Å². The Morgan fingerprint density at radius 2 is 1.32 bits per heavy atom. The third-order valence-electron chi connectivity index (χ3n) is 2.79. The van der Waals surface area contributed by atoms with Crippen LogP contribution in [0.3, 0.4) is 0 Å². The van der Waals surface area contributed by atoms with E-state index in [1.807, 2.05) is 24.3 Å². The zero-order chi connectivity index (χ0) is 15.8. The molecule has 0 aliphatic rings. The van der Waals surface area contributed by atoms with Crippen LogP contribution in [0.5, 0.6) is 5.75 Å². The van der Waals surface area contributed by atoms with Crippen molar-refractivity contribution in [2.24, 2.45) is 0 Å². The molecule has 0 aliphatic heterocycles. The van der Waals surface area contributed by atoms with Gasteiger partial charge in [-0.2, -0.15) is 0 Å². The molecule has 3 aromatic rings. The highest BCUT2D eigenvalue weighted by Gasteiger charge is 2.00. The fourth-order valence-corrected chi connectivity index (χ4v) is 1.73. The molecule has 1 aromatic carbocycles. The van der Waals surface area contributed by atoms with Crippen molar-refractivity contribution in [3.8, 4) is 16.9 Å². The Hall–Kier alpha value is -3.21. The summed E-state index contributed by atoms with van der Waals surface area (Å²) in [4.78, 5) is 18.2. The van der Waals surface area contributed by atoms with Gasteiger partial charge in [-0.1, -0.05) is 6.07 Å². The summed E-state index contributed by atoms with van der Waals surface area (Å²) >= 11 is 0. The predicted molar refractivity (Wildman–Crippen MR) is 82.5 cm³/mol. The third-order valence-corrected chi connectivity index (χ3v) is 2.79. The molecule has 0 bridgehead atoms. The zero-order valence-electron chi connectivity index (χ0n) is 11.6. The standard InChI is InChI=1S/C10H8N2.C7H6O3/c1-5-11-6-2-9(1)10-3-7-12-8-4-10;8-6-3-1-2-5(4-6)7(9)10/h1-8H;1-4,8H,(H,9,10). The first kappa shape index (κ1) is 15.2. The average molecular weight is 294 g/mol. The number of aromatic carboxylic acids is 1. The van der Waals surface area contributed by atoms with E-state index < -0.39 is 5.97 Å². The maximum absolute atomic E-state index is 10.2. The molecular weight excluding hydrogens is 280 g/mol. The molecule has 0 aliphatic carbocycles. The number of carbonyl (C=O) groups is 1. The molecule has 0 amide bonds. The van der Waals surface area contributed by atoms with Crippen LogP contribution >= 0.6 is 0 Å². The van der Waals surface area contributed by atoms with Gasteiger partial charge in [-0.05, 0) is 53.6 Å². The van der Waals surface area contributed by atoms with Gasteiger partial charge in [-0.3, -0.25) is 9.97 Å². The lowest BCUT2D eigenvalue weighted by Crippen LogP contribution is -1.94. The summed E-state index contributed by atoms with van der Waals surface area (Å²) in [5.41, 5.74) is 2.44. The van der Waals surface area contributed by atoms with Crippen molar-refractivity contribution >= 4 is 5.97 Å². The van der Waals surface area contributed by atoms with Gasteiger partial charge >= 0.3 is 5.97 Å². The zero-order valence-corrected chi connectivity index (χ0v) is 11.6. The third kappa shape index (κ3) is 4.42. The molecule has 0 fully saturated rings. The Labute approximate surface area is 127 Å². The van der Waals surface area contributed by atoms with Gasteiger partial charge in [0, 0.05) is 24.8 Å². The second-order valence-electron chi connectivity index (χ2n) is 4.33. The van der Waals surface area contributed by atoms with Gasteiger partial charge in [0.15, 0.2) is 0 Å². The van der Waals surface area contributed by atoms with Gasteiger partial charge in [-0.15, -0.1) is 0 Å². The van der Waals surface area contributed by atoms with Crippen LogP contribution in [0.1, 0.15) is 10.4 Å². The molecule has 0 unspecified atom stereocenters. The number of aromatic hydroxyl groups is 1. The Balaban J connectivity index is 0.000000164. The van der Waals surface area contributed by atoms with E-state index in [0.29, 0.717) is 0 Å². The summed E-state index contributed by atoms with van der Waals surface area (Å²) in [6.07, 6.45) is 7.15. The molecule has 5 heteroatoms. The van der Waals surface area contributed by atoms with Crippen LogP contribution in [0.15, 0.2) is 73.3 Å². The second kappa shape index (κ2) is 7.54. The van der Waals surface area contributed by atoms with Gasteiger partial charge in [0.2, 0.25) is 0 Å². The molecule has 0 atom stereocenters. The highest BCUT2D eigenvalue weighted by atomic mass is 16.4. The van der Waals surface area contributed by atoms with E-state index in [9.17, 15) is 4.79 Å². The minimum absolute atomic E-state index is 0.0279. The van der Waals surface area contributed by atoms with Gasteiger partial charge in [0.05, 0.1) is 5.56 Å². The molecule has 110 valence electrons. The van der Waals surface area contributed by atoms with Crippen LogP contribution in [0.4, 0.5) is 0 Å². The summed E-state index contributed by atoms with van der Waals surface area (Å²) in [7, 11) is 0. The number of phenols is 1. The number of hydrogen-bond donors (Lipinski definition) is 2. The lowest BCUT2D eigenvalue weighted by Gasteiger charge is -1.97. The number of nitrogens with zero attached hydrogens (tertiary/aromatic N) is 2. The van der Waals surface area contributed by atoms with E-state index in [1.165, 1.54) is 35.4 Å². The molecule has 2 heterocycles. The van der Waals surface area contributed by atoms with Crippen LogP contribution in [0.2, 0.25) is 0 Å². The quantitative estimate of drug-likeness (QED) is 0.758. The van der Waals surface area contributed by atoms with Gasteiger partial charge in [0.1, 0.15) is 5.75 Å². The molecule has 0 radical (unpaired) electrons. The number of pyridine rings is 2. The minimum Gasteiger partial charge on any atom is -0.508 e. The number of carboxylic acid groups (broad SMARTS) is 1. The van der Waals surface area contributed by atoms with Crippen LogP contribution in [0.25, 0.3) is 11.1 Å². The van der Waals surface area contributed by atoms with Crippen LogP contribution in [-0.4, -0.2) is 26.2 Å². The topological polar surface area (TPSA) is 83.3 Å². The smallest absolute Gasteiger partial charge is 0.335 e. The van der Waals surface area contributed by atoms with Crippen molar-refractivity contribution in [2.75, 3.05) is 0 Å². The van der Waals surface area contributed by atoms with Crippen molar-refractivity contribution in [3.63, 3.8) is 0 Å². The number of aromatic nitrogens is 2. The maximum atomic E-state index is 10.2. The molecule has 2 N–H and O–H groups in total. The van der Waals surface area contributed by atoms with Crippen LogP contribution in [-0.2, 0) is 0 Å². The van der Waals surface area contributed by atoms with Gasteiger partial charge < -0.3 is 10.2 Å². The first-order valence-electron chi connectivity index (χ1n) is 6.49. The Morgan fingerprint density at radius 3 is 1.68 bits per heavy atom. The number of phenolic OH excluding ortho intramolecular Hbond substituents is 1. The predicted octanol–water partition coefficient (Wildman–Crippen LogP) is 3.23. The molecular formula is C17H14N2O3. The molecule has 0 saturated carbocycles. The van der Waals surface area contributed by atoms with Crippen molar-refractivity contribution in [3.05, 3.63) is 78.9 Å². The summed E-state index contributed by atoms with van der Waals surface area (Å²) in [5, 5.41) is 17.2. The molecule has 22 heavy (non-hydrogen) atoms. The number of rotatable bonds is 2. The van der Waals surface area contributed by atoms with Crippen molar-refractivity contribution in [2.45, 2.75) is 0 Å². The van der Waals surface area contributed by atoms with Crippen molar-refractivity contribution in [1.29, 1.82) is 0 Å². The highest BCUT2D eigenvalue weighted by molar-refractivity contribution is 5.87. The van der Waals surface area contributed by atoms with E-state index in [2.05, 4.69) is 9.97 Å². The number of hydrogen-bond acceptors (Lipinski definition) is 4. The Morgan fingerprint density at radius 1 is 0.818 bits per heavy atom. The van der Waals surface area contributed by atoms with Crippen LogP contribution in [0, 0.1) is 0 Å². The molecule has 0 saturated heterocycles. The second-order valence-corrected chi connectivity index (χ2v) is 4.33. The summed E-state index contributed by atoms with van der Waals surface area (Å²) in [6.45, 7) is 0. The monoisotopic (exact) mass is 294 g/mol. The molecule has 2 aromatic heterocycles. The van der Waals surface area contributed by atoms with E-state index >= 15 is 0 Å². The maximum Gasteiger partial charge on any atom is 0.335 e. The lowest BCUT2D eigenvalue weighted by atomic mass is 10.1. The molecule has 3 rings (SSSR count). The summed E-state index contributed by atoms with van der Waals surface area (Å²) in [6, 6.07) is 13.4. The average Bonchev–Trinajstić information content (AvgIpc) is 2.57. The van der Waals surface area contributed by atoms with E-state index in [4.69, 9.17) is 10.2 Å². The SMILES string of the molecule is O=C(O)c1cccc(O)c1.c1cc(-c2ccncc2)ccn1. The van der Waals surface area contributed by atoms with Gasteiger partial charge in [-0.25, -0.2) is 4.79 Å². The van der Waals surface area contributed by atoms with E-state index in [0.717, 1.165) is 0 Å². The summed E-state index contributed by atoms with van der Waals surface area (Å²) in [5.74, 6) is -1.06. The van der Waals surface area contributed by atoms with E-state index in [-0.39, 0.29) is 11.3 Å².